The number of phenolic OH excluding ortho intramolecular Hbond substituents is 1. The number of rotatable bonds is 3. The molecular formula is C37H33N5O3. The largest absolute Gasteiger partial charge is 0.507 e. The van der Waals surface area contributed by atoms with Gasteiger partial charge in [-0.2, -0.15) is 4.98 Å². The van der Waals surface area contributed by atoms with Crippen molar-refractivity contribution >= 4 is 49.9 Å². The summed E-state index contributed by atoms with van der Waals surface area (Å²) < 4.78 is 16.9. The van der Waals surface area contributed by atoms with Gasteiger partial charge in [0.2, 0.25) is 17.4 Å². The molecule has 45 heavy (non-hydrogen) atoms. The molecule has 0 aliphatic carbocycles. The van der Waals surface area contributed by atoms with Crippen molar-refractivity contribution in [2.75, 3.05) is 0 Å². The normalized spacial score (nSPS) is 12.8. The predicted octanol–water partition coefficient (Wildman–Crippen LogP) is 9.21. The lowest BCUT2D eigenvalue weighted by molar-refractivity contribution is 0.456. The third kappa shape index (κ3) is 4.23. The first-order valence-electron chi connectivity index (χ1n) is 15.1. The van der Waals surface area contributed by atoms with Crippen molar-refractivity contribution in [1.82, 2.24) is 23.9 Å². The molecule has 0 aliphatic rings. The quantitative estimate of drug-likeness (QED) is 0.219. The lowest BCUT2D eigenvalue weighted by atomic mass is 9.86. The van der Waals surface area contributed by atoms with Gasteiger partial charge in [-0.1, -0.05) is 71.9 Å². The Kier molecular flexibility index (Phi) is 5.63. The third-order valence-corrected chi connectivity index (χ3v) is 8.45. The Bertz CT molecular complexity index is 2450. The predicted molar refractivity (Wildman–Crippen MR) is 178 cm³/mol. The molecule has 0 bridgehead atoms. The van der Waals surface area contributed by atoms with Crippen LogP contribution in [-0.4, -0.2) is 29.0 Å². The topological polar surface area (TPSA) is 90.6 Å². The average Bonchev–Trinajstić information content (AvgIpc) is 3.65. The number of para-hydroxylation sites is 4. The van der Waals surface area contributed by atoms with Crippen molar-refractivity contribution in [3.63, 3.8) is 0 Å². The van der Waals surface area contributed by atoms with Crippen molar-refractivity contribution in [2.45, 2.75) is 52.4 Å². The maximum atomic E-state index is 10.9. The number of ether oxygens (including phenoxy) is 1. The van der Waals surface area contributed by atoms with Crippen LogP contribution in [0.25, 0.3) is 55.7 Å². The molecule has 0 amide bonds. The highest BCUT2D eigenvalue weighted by molar-refractivity contribution is 6.08. The van der Waals surface area contributed by atoms with Crippen LogP contribution >= 0.6 is 0 Å². The summed E-state index contributed by atoms with van der Waals surface area (Å²) >= 11 is 0. The number of nitrogens with zero attached hydrogens (tertiary/aromatic N) is 5. The number of benzene rings is 3. The van der Waals surface area contributed by atoms with E-state index in [1.807, 2.05) is 48.5 Å². The molecule has 0 fully saturated rings. The van der Waals surface area contributed by atoms with E-state index in [1.165, 1.54) is 0 Å². The minimum atomic E-state index is -0.187. The van der Waals surface area contributed by atoms with Gasteiger partial charge in [0.25, 0.3) is 0 Å². The van der Waals surface area contributed by atoms with E-state index in [-0.39, 0.29) is 16.6 Å². The first-order chi connectivity index (χ1) is 21.5. The number of hydrogen-bond donors (Lipinski definition) is 1. The smallest absolute Gasteiger partial charge is 0.227 e. The molecule has 5 heterocycles. The van der Waals surface area contributed by atoms with E-state index in [0.717, 1.165) is 39.0 Å². The molecule has 5 aromatic heterocycles. The van der Waals surface area contributed by atoms with E-state index in [2.05, 4.69) is 79.8 Å². The van der Waals surface area contributed by atoms with Crippen LogP contribution < -0.4 is 4.74 Å². The van der Waals surface area contributed by atoms with Gasteiger partial charge < -0.3 is 14.3 Å². The van der Waals surface area contributed by atoms with Gasteiger partial charge in [-0.25, -0.2) is 9.97 Å². The SMILES string of the molecule is CC(C)(C)c1cc(Oc2cnc3oc4c(C(C)(C)C)ccc(O)c4c3c2)nc(-n2c3ccccc3n3c4ccccc4nc23)c1. The Morgan fingerprint density at radius 3 is 2.27 bits per heavy atom. The van der Waals surface area contributed by atoms with Crippen LogP contribution in [0.3, 0.4) is 0 Å². The standard InChI is InChI=1S/C37H33N5O3/c1-36(2,3)21-17-30(42-28-14-10-9-13-27(28)41-26-12-8-7-11-25(26)39-35(41)42)40-31(18-21)44-22-19-23-32-29(43)16-15-24(37(4,5)6)33(32)45-34(23)38-20-22/h7-20,43H,1-6H3. The highest BCUT2D eigenvalue weighted by Crippen LogP contribution is 2.42. The zero-order valence-corrected chi connectivity index (χ0v) is 26.1. The average molecular weight is 596 g/mol. The van der Waals surface area contributed by atoms with Crippen molar-refractivity contribution < 1.29 is 14.3 Å². The van der Waals surface area contributed by atoms with Crippen LogP contribution in [-0.2, 0) is 10.8 Å². The van der Waals surface area contributed by atoms with Gasteiger partial charge in [-0.3, -0.25) is 8.97 Å². The molecule has 8 nitrogen and oxygen atoms in total. The summed E-state index contributed by atoms with van der Waals surface area (Å²) in [5.74, 6) is 2.54. The van der Waals surface area contributed by atoms with Gasteiger partial charge in [-0.05, 0) is 58.9 Å². The lowest BCUT2D eigenvalue weighted by Crippen LogP contribution is -2.13. The van der Waals surface area contributed by atoms with Gasteiger partial charge in [0, 0.05) is 11.6 Å². The summed E-state index contributed by atoms with van der Waals surface area (Å²) in [6, 6.07) is 26.0. The molecule has 1 N–H and O–H groups in total. The molecule has 8 heteroatoms. The van der Waals surface area contributed by atoms with Gasteiger partial charge in [0.15, 0.2) is 0 Å². The molecule has 0 atom stereocenters. The zero-order valence-electron chi connectivity index (χ0n) is 26.1. The Labute approximate surface area is 259 Å². The summed E-state index contributed by atoms with van der Waals surface area (Å²) in [5.41, 5.74) is 6.75. The molecule has 0 unspecified atom stereocenters. The Morgan fingerprint density at radius 1 is 0.778 bits per heavy atom. The molecule has 3 aromatic carbocycles. The first-order valence-corrected chi connectivity index (χ1v) is 15.1. The maximum Gasteiger partial charge on any atom is 0.227 e. The number of hydrogen-bond acceptors (Lipinski definition) is 6. The molecule has 0 saturated heterocycles. The summed E-state index contributed by atoms with van der Waals surface area (Å²) in [7, 11) is 0. The molecule has 0 radical (unpaired) electrons. The molecule has 8 aromatic rings. The van der Waals surface area contributed by atoms with Gasteiger partial charge in [0.1, 0.15) is 22.9 Å². The molecule has 0 spiro atoms. The van der Waals surface area contributed by atoms with E-state index in [1.54, 1.807) is 12.3 Å². The monoisotopic (exact) mass is 595 g/mol. The second kappa shape index (κ2) is 9.32. The second-order valence-electron chi connectivity index (χ2n) is 13.7. The number of aromatic nitrogens is 5. The Morgan fingerprint density at radius 2 is 1.51 bits per heavy atom. The van der Waals surface area contributed by atoms with Crippen LogP contribution in [0.5, 0.6) is 17.4 Å². The minimum Gasteiger partial charge on any atom is -0.507 e. The number of pyridine rings is 2. The number of imidazole rings is 2. The van der Waals surface area contributed by atoms with Crippen LogP contribution in [0.15, 0.2) is 89.5 Å². The molecular weight excluding hydrogens is 562 g/mol. The highest BCUT2D eigenvalue weighted by Gasteiger charge is 2.25. The van der Waals surface area contributed by atoms with E-state index in [9.17, 15) is 5.11 Å². The highest BCUT2D eigenvalue weighted by atomic mass is 16.5. The summed E-state index contributed by atoms with van der Waals surface area (Å²) in [5, 5.41) is 12.2. The van der Waals surface area contributed by atoms with Crippen LogP contribution in [0.4, 0.5) is 0 Å². The summed E-state index contributed by atoms with van der Waals surface area (Å²) in [4.78, 5) is 14.6. The Hall–Kier alpha value is -5.37. The van der Waals surface area contributed by atoms with Crippen LogP contribution in [0.2, 0.25) is 0 Å². The van der Waals surface area contributed by atoms with Crippen molar-refractivity contribution in [2.24, 2.45) is 0 Å². The van der Waals surface area contributed by atoms with Gasteiger partial charge >= 0.3 is 0 Å². The van der Waals surface area contributed by atoms with Crippen molar-refractivity contribution in [3.8, 4) is 23.2 Å². The van der Waals surface area contributed by atoms with Crippen molar-refractivity contribution in [1.29, 1.82) is 0 Å². The summed E-state index contributed by atoms with van der Waals surface area (Å²) in [6.07, 6.45) is 1.63. The maximum absolute atomic E-state index is 10.9. The van der Waals surface area contributed by atoms with E-state index in [4.69, 9.17) is 19.1 Å². The van der Waals surface area contributed by atoms with Gasteiger partial charge in [-0.15, -0.1) is 0 Å². The fourth-order valence-corrected chi connectivity index (χ4v) is 6.16. The fourth-order valence-electron chi connectivity index (χ4n) is 6.16. The van der Waals surface area contributed by atoms with E-state index in [0.29, 0.717) is 39.5 Å². The summed E-state index contributed by atoms with van der Waals surface area (Å²) in [6.45, 7) is 12.9. The number of aromatic hydroxyl groups is 1. The molecule has 8 rings (SSSR count). The minimum absolute atomic E-state index is 0.140. The number of furan rings is 1. The van der Waals surface area contributed by atoms with Crippen LogP contribution in [0, 0.1) is 0 Å². The second-order valence-corrected chi connectivity index (χ2v) is 13.7. The molecule has 0 aliphatic heterocycles. The first kappa shape index (κ1) is 27.2. The number of phenols is 1. The van der Waals surface area contributed by atoms with Crippen molar-refractivity contribution in [3.05, 3.63) is 96.2 Å². The van der Waals surface area contributed by atoms with E-state index >= 15 is 0 Å². The molecule has 0 saturated carbocycles. The van der Waals surface area contributed by atoms with Gasteiger partial charge in [0.05, 0.1) is 39.0 Å². The Balaban J connectivity index is 1.31. The molecule has 224 valence electrons. The zero-order chi connectivity index (χ0) is 31.2. The number of fused-ring (bicyclic) bond motifs is 8. The lowest BCUT2D eigenvalue weighted by Gasteiger charge is -2.21. The third-order valence-electron chi connectivity index (χ3n) is 8.45. The van der Waals surface area contributed by atoms with E-state index < -0.39 is 0 Å². The fraction of sp³-hybridized carbons (Fsp3) is 0.216. The van der Waals surface area contributed by atoms with Crippen LogP contribution in [0.1, 0.15) is 52.7 Å².